The van der Waals surface area contributed by atoms with Crippen molar-refractivity contribution in [3.63, 3.8) is 0 Å². The largest absolute Gasteiger partial charge is 0.390 e. The quantitative estimate of drug-likeness (QED) is 0.237. The van der Waals surface area contributed by atoms with E-state index in [1.165, 1.54) is 64.2 Å². The number of aliphatic hydroxyl groups is 2. The second-order valence-electron chi connectivity index (χ2n) is 8.40. The summed E-state index contributed by atoms with van der Waals surface area (Å²) in [6, 6.07) is 9.31. The molecule has 0 fully saturated rings. The molecule has 0 aromatic heterocycles. The van der Waals surface area contributed by atoms with E-state index in [4.69, 9.17) is 10.5 Å². The first kappa shape index (κ1) is 29.4. The number of nitrogens with two attached hydrogens (primary N) is 1. The van der Waals surface area contributed by atoms with E-state index >= 15 is 0 Å². The van der Waals surface area contributed by atoms with Crippen molar-refractivity contribution >= 4 is 12.4 Å². The molecule has 176 valence electrons. The molecule has 0 bridgehead atoms. The molecule has 0 unspecified atom stereocenters. The Morgan fingerprint density at radius 1 is 0.800 bits per heavy atom. The molecule has 3 atom stereocenters. The molecule has 0 heterocycles. The van der Waals surface area contributed by atoms with Crippen molar-refractivity contribution < 1.29 is 14.9 Å². The molecule has 30 heavy (non-hydrogen) atoms. The van der Waals surface area contributed by atoms with Crippen LogP contribution in [-0.4, -0.2) is 35.1 Å². The Kier molecular flexibility index (Phi) is 19.8. The van der Waals surface area contributed by atoms with Gasteiger partial charge in [0.1, 0.15) is 0 Å². The average Bonchev–Trinajstić information content (AvgIpc) is 2.74. The van der Waals surface area contributed by atoms with Crippen LogP contribution in [0.5, 0.6) is 0 Å². The van der Waals surface area contributed by atoms with Gasteiger partial charge in [-0.15, -0.1) is 12.4 Å². The second kappa shape index (κ2) is 20.3. The molecule has 0 saturated heterocycles. The maximum Gasteiger partial charge on any atom is 0.0971 e. The number of ether oxygens (including phenoxy) is 1. The Labute approximate surface area is 191 Å². The highest BCUT2D eigenvalue weighted by atomic mass is 35.5. The normalized spacial score (nSPS) is 14.1. The van der Waals surface area contributed by atoms with Crippen molar-refractivity contribution in [2.75, 3.05) is 6.61 Å². The predicted molar refractivity (Wildman–Crippen MR) is 129 cm³/mol. The Bertz CT molecular complexity index is 475. The minimum Gasteiger partial charge on any atom is -0.390 e. The lowest BCUT2D eigenvalue weighted by Crippen LogP contribution is -2.45. The molecule has 1 aromatic rings. The Morgan fingerprint density at radius 3 is 1.83 bits per heavy atom. The molecule has 0 saturated carbocycles. The van der Waals surface area contributed by atoms with Crippen molar-refractivity contribution in [3.8, 4) is 0 Å². The fourth-order valence-electron chi connectivity index (χ4n) is 3.64. The van der Waals surface area contributed by atoms with Crippen LogP contribution in [0.3, 0.4) is 0 Å². The highest BCUT2D eigenvalue weighted by molar-refractivity contribution is 5.85. The molecule has 0 aliphatic rings. The lowest BCUT2D eigenvalue weighted by molar-refractivity contribution is -0.0244. The number of halogens is 1. The van der Waals surface area contributed by atoms with Gasteiger partial charge in [-0.05, 0) is 12.0 Å². The smallest absolute Gasteiger partial charge is 0.0971 e. The highest BCUT2D eigenvalue weighted by Gasteiger charge is 2.23. The van der Waals surface area contributed by atoms with Crippen LogP contribution in [-0.2, 0) is 11.3 Å². The summed E-state index contributed by atoms with van der Waals surface area (Å²) in [5.41, 5.74) is 7.06. The van der Waals surface area contributed by atoms with E-state index in [1.54, 1.807) is 0 Å². The molecule has 0 amide bonds. The van der Waals surface area contributed by atoms with Crippen molar-refractivity contribution in [1.82, 2.24) is 0 Å². The van der Waals surface area contributed by atoms with Gasteiger partial charge in [-0.2, -0.15) is 0 Å². The molecule has 4 N–H and O–H groups in total. The third-order valence-electron chi connectivity index (χ3n) is 5.61. The summed E-state index contributed by atoms with van der Waals surface area (Å²) in [6.07, 6.45) is 14.4. The SMILES string of the molecule is CCCCCCCCCCCCCC[C@@H](O)[C@@H](O)[C@@H](N)COCc1ccccc1.Cl. The molecule has 0 aliphatic carbocycles. The van der Waals surface area contributed by atoms with Crippen LogP contribution in [0, 0.1) is 0 Å². The zero-order chi connectivity index (χ0) is 21.2. The monoisotopic (exact) mass is 443 g/mol. The number of hydrogen-bond acceptors (Lipinski definition) is 4. The topological polar surface area (TPSA) is 75.7 Å². The van der Waals surface area contributed by atoms with Gasteiger partial charge < -0.3 is 20.7 Å². The number of rotatable bonds is 19. The molecule has 4 nitrogen and oxygen atoms in total. The van der Waals surface area contributed by atoms with E-state index in [9.17, 15) is 10.2 Å². The van der Waals surface area contributed by atoms with Crippen LogP contribution in [0.1, 0.15) is 96.0 Å². The van der Waals surface area contributed by atoms with Gasteiger partial charge in [-0.25, -0.2) is 0 Å². The van der Waals surface area contributed by atoms with E-state index in [0.717, 1.165) is 18.4 Å². The summed E-state index contributed by atoms with van der Waals surface area (Å²) < 4.78 is 5.57. The Hall–Kier alpha value is -0.650. The van der Waals surface area contributed by atoms with Crippen molar-refractivity contribution in [2.24, 2.45) is 5.73 Å². The lowest BCUT2D eigenvalue weighted by Gasteiger charge is -2.23. The van der Waals surface area contributed by atoms with Crippen LogP contribution < -0.4 is 5.73 Å². The van der Waals surface area contributed by atoms with E-state index in [1.807, 2.05) is 30.3 Å². The number of benzene rings is 1. The molecule has 1 aromatic carbocycles. The highest BCUT2D eigenvalue weighted by Crippen LogP contribution is 2.14. The van der Waals surface area contributed by atoms with Gasteiger partial charge >= 0.3 is 0 Å². The van der Waals surface area contributed by atoms with Gasteiger partial charge in [-0.1, -0.05) is 114 Å². The molecular formula is C25H46ClNO3. The van der Waals surface area contributed by atoms with Gasteiger partial charge in [0.05, 0.1) is 31.5 Å². The first-order chi connectivity index (χ1) is 14.1. The number of unbranched alkanes of at least 4 members (excludes halogenated alkanes) is 11. The summed E-state index contributed by atoms with van der Waals surface area (Å²) in [6.45, 7) is 2.97. The second-order valence-corrected chi connectivity index (χ2v) is 8.40. The zero-order valence-electron chi connectivity index (χ0n) is 19.0. The van der Waals surface area contributed by atoms with E-state index in [-0.39, 0.29) is 19.0 Å². The predicted octanol–water partition coefficient (Wildman–Crippen LogP) is 5.77. The van der Waals surface area contributed by atoms with E-state index in [0.29, 0.717) is 13.0 Å². The number of hydrogen-bond donors (Lipinski definition) is 3. The molecule has 1 rings (SSSR count). The summed E-state index contributed by atoms with van der Waals surface area (Å²) in [4.78, 5) is 0. The maximum atomic E-state index is 10.2. The molecule has 5 heteroatoms. The van der Waals surface area contributed by atoms with E-state index in [2.05, 4.69) is 6.92 Å². The van der Waals surface area contributed by atoms with E-state index < -0.39 is 18.2 Å². The van der Waals surface area contributed by atoms with Crippen molar-refractivity contribution in [2.45, 2.75) is 115 Å². The first-order valence-corrected chi connectivity index (χ1v) is 11.9. The van der Waals surface area contributed by atoms with Crippen LogP contribution in [0.2, 0.25) is 0 Å². The fraction of sp³-hybridized carbons (Fsp3) is 0.760. The zero-order valence-corrected chi connectivity index (χ0v) is 19.8. The summed E-state index contributed by atoms with van der Waals surface area (Å²) in [5, 5.41) is 20.4. The first-order valence-electron chi connectivity index (χ1n) is 11.9. The Balaban J connectivity index is 0.00000841. The summed E-state index contributed by atoms with van der Waals surface area (Å²) in [5.74, 6) is 0. The third kappa shape index (κ3) is 15.2. The van der Waals surface area contributed by atoms with Crippen molar-refractivity contribution in [1.29, 1.82) is 0 Å². The van der Waals surface area contributed by atoms with Crippen LogP contribution >= 0.6 is 12.4 Å². The summed E-state index contributed by atoms with van der Waals surface area (Å²) >= 11 is 0. The lowest BCUT2D eigenvalue weighted by atomic mass is 10.00. The Morgan fingerprint density at radius 2 is 1.30 bits per heavy atom. The average molecular weight is 444 g/mol. The van der Waals surface area contributed by atoms with Crippen LogP contribution in [0.4, 0.5) is 0 Å². The van der Waals surface area contributed by atoms with Gasteiger partial charge in [0.25, 0.3) is 0 Å². The molecular weight excluding hydrogens is 398 g/mol. The minimum absolute atomic E-state index is 0. The minimum atomic E-state index is -0.932. The maximum absolute atomic E-state index is 10.2. The van der Waals surface area contributed by atoms with Crippen LogP contribution in [0.15, 0.2) is 30.3 Å². The van der Waals surface area contributed by atoms with Gasteiger partial charge in [0.2, 0.25) is 0 Å². The van der Waals surface area contributed by atoms with Crippen molar-refractivity contribution in [3.05, 3.63) is 35.9 Å². The van der Waals surface area contributed by atoms with Gasteiger partial charge in [0, 0.05) is 0 Å². The molecule has 0 radical (unpaired) electrons. The standard InChI is InChI=1S/C25H45NO3.ClH/c1-2-3-4-5-6-7-8-9-10-11-12-16-19-24(27)25(28)23(26)21-29-20-22-17-14-13-15-18-22;/h13-15,17-18,23-25,27-28H,2-12,16,19-21,26H2,1H3;1H/t23-,24+,25-;/m0./s1. The molecule has 0 aliphatic heterocycles. The van der Waals surface area contributed by atoms with Gasteiger partial charge in [-0.3, -0.25) is 0 Å². The fourth-order valence-corrected chi connectivity index (χ4v) is 3.64. The van der Waals surface area contributed by atoms with Crippen LogP contribution in [0.25, 0.3) is 0 Å². The molecule has 0 spiro atoms. The third-order valence-corrected chi connectivity index (χ3v) is 5.61. The summed E-state index contributed by atoms with van der Waals surface area (Å²) in [7, 11) is 0. The van der Waals surface area contributed by atoms with Gasteiger partial charge in [0.15, 0.2) is 0 Å². The number of aliphatic hydroxyl groups excluding tert-OH is 2.